The van der Waals surface area contributed by atoms with Crippen LogP contribution in [0.25, 0.3) is 0 Å². The summed E-state index contributed by atoms with van der Waals surface area (Å²) in [6.07, 6.45) is 1.15. The van der Waals surface area contributed by atoms with Crippen LogP contribution in [-0.2, 0) is 21.2 Å². The van der Waals surface area contributed by atoms with Crippen molar-refractivity contribution in [1.29, 1.82) is 0 Å². The summed E-state index contributed by atoms with van der Waals surface area (Å²) in [7, 11) is -2.19. The standard InChI is InChI=1S/C17H19FN2O3S/c1-12-5-4-6-13(9-12)10-17(21)19-15-11-14(18)7-8-16(15)20(2)24(3,22)23/h4-9,11H,10H2,1-3H3,(H,19,21). The lowest BCUT2D eigenvalue weighted by molar-refractivity contribution is -0.115. The number of anilines is 2. The van der Waals surface area contributed by atoms with Crippen molar-refractivity contribution in [3.8, 4) is 0 Å². The highest BCUT2D eigenvalue weighted by molar-refractivity contribution is 7.92. The molecule has 0 aliphatic carbocycles. The van der Waals surface area contributed by atoms with E-state index in [0.29, 0.717) is 0 Å². The minimum atomic E-state index is -3.53. The van der Waals surface area contributed by atoms with Crippen molar-refractivity contribution in [3.05, 3.63) is 59.4 Å². The molecule has 128 valence electrons. The first kappa shape index (κ1) is 17.9. The van der Waals surface area contributed by atoms with Crippen LogP contribution < -0.4 is 9.62 Å². The Hall–Kier alpha value is -2.41. The van der Waals surface area contributed by atoms with Crippen LogP contribution in [0.5, 0.6) is 0 Å². The Labute approximate surface area is 141 Å². The van der Waals surface area contributed by atoms with Gasteiger partial charge >= 0.3 is 0 Å². The van der Waals surface area contributed by atoms with Gasteiger partial charge in [0, 0.05) is 7.05 Å². The van der Waals surface area contributed by atoms with Gasteiger partial charge in [0.15, 0.2) is 0 Å². The van der Waals surface area contributed by atoms with Crippen molar-refractivity contribution in [2.75, 3.05) is 22.9 Å². The zero-order chi connectivity index (χ0) is 17.9. The number of halogens is 1. The van der Waals surface area contributed by atoms with E-state index in [2.05, 4.69) is 5.32 Å². The molecule has 24 heavy (non-hydrogen) atoms. The summed E-state index contributed by atoms with van der Waals surface area (Å²) in [4.78, 5) is 12.2. The van der Waals surface area contributed by atoms with E-state index in [4.69, 9.17) is 0 Å². The monoisotopic (exact) mass is 350 g/mol. The molecule has 0 fully saturated rings. The summed E-state index contributed by atoms with van der Waals surface area (Å²) >= 11 is 0. The average molecular weight is 350 g/mol. The van der Waals surface area contributed by atoms with Crippen LogP contribution in [0.2, 0.25) is 0 Å². The fourth-order valence-corrected chi connectivity index (χ4v) is 2.78. The minimum Gasteiger partial charge on any atom is -0.324 e. The number of amides is 1. The molecule has 2 rings (SSSR count). The Balaban J connectivity index is 2.25. The van der Waals surface area contributed by atoms with E-state index < -0.39 is 15.8 Å². The molecule has 5 nitrogen and oxygen atoms in total. The van der Waals surface area contributed by atoms with Gasteiger partial charge in [-0.3, -0.25) is 9.10 Å². The van der Waals surface area contributed by atoms with E-state index in [1.807, 2.05) is 31.2 Å². The third-order valence-corrected chi connectivity index (χ3v) is 4.71. The molecule has 0 aliphatic rings. The fraction of sp³-hybridized carbons (Fsp3) is 0.235. The second-order valence-electron chi connectivity index (χ2n) is 5.61. The summed E-state index contributed by atoms with van der Waals surface area (Å²) in [6, 6.07) is 11.0. The first-order chi connectivity index (χ1) is 11.2. The number of carbonyl (C=O) groups excluding carboxylic acids is 1. The second-order valence-corrected chi connectivity index (χ2v) is 7.62. The van der Waals surface area contributed by atoms with Crippen LogP contribution >= 0.6 is 0 Å². The molecule has 0 radical (unpaired) electrons. The molecule has 0 atom stereocenters. The Morgan fingerprint density at radius 3 is 2.54 bits per heavy atom. The Bertz CT molecular complexity index is 866. The highest BCUT2D eigenvalue weighted by Gasteiger charge is 2.18. The molecule has 0 saturated heterocycles. The predicted octanol–water partition coefficient (Wildman–Crippen LogP) is 2.71. The number of hydrogen-bond acceptors (Lipinski definition) is 3. The van der Waals surface area contributed by atoms with Gasteiger partial charge in [-0.05, 0) is 30.7 Å². The zero-order valence-corrected chi connectivity index (χ0v) is 14.5. The van der Waals surface area contributed by atoms with Gasteiger partial charge in [0.25, 0.3) is 0 Å². The molecule has 0 saturated carbocycles. The van der Waals surface area contributed by atoms with E-state index in [0.717, 1.165) is 33.8 Å². The average Bonchev–Trinajstić information content (AvgIpc) is 2.45. The molecular weight excluding hydrogens is 331 g/mol. The molecule has 1 N–H and O–H groups in total. The van der Waals surface area contributed by atoms with E-state index in [-0.39, 0.29) is 23.7 Å². The van der Waals surface area contributed by atoms with E-state index in [9.17, 15) is 17.6 Å². The largest absolute Gasteiger partial charge is 0.324 e. The summed E-state index contributed by atoms with van der Waals surface area (Å²) in [5, 5.41) is 2.59. The van der Waals surface area contributed by atoms with Crippen LogP contribution in [0.4, 0.5) is 15.8 Å². The molecular formula is C17H19FN2O3S. The third-order valence-electron chi connectivity index (χ3n) is 3.52. The number of rotatable bonds is 5. The van der Waals surface area contributed by atoms with Crippen LogP contribution in [0.1, 0.15) is 11.1 Å². The highest BCUT2D eigenvalue weighted by Crippen LogP contribution is 2.27. The van der Waals surface area contributed by atoms with Gasteiger partial charge in [-0.2, -0.15) is 0 Å². The lowest BCUT2D eigenvalue weighted by atomic mass is 10.1. The van der Waals surface area contributed by atoms with Gasteiger partial charge < -0.3 is 5.32 Å². The number of hydrogen-bond donors (Lipinski definition) is 1. The Morgan fingerprint density at radius 1 is 1.21 bits per heavy atom. The van der Waals surface area contributed by atoms with Gasteiger partial charge in [-0.1, -0.05) is 29.8 Å². The Kier molecular flexibility index (Phi) is 5.23. The maximum absolute atomic E-state index is 13.5. The number of benzene rings is 2. The molecule has 0 unspecified atom stereocenters. The van der Waals surface area contributed by atoms with Gasteiger partial charge in [-0.15, -0.1) is 0 Å². The lowest BCUT2D eigenvalue weighted by Crippen LogP contribution is -2.26. The molecule has 0 spiro atoms. The van der Waals surface area contributed by atoms with Crippen molar-refractivity contribution in [1.82, 2.24) is 0 Å². The predicted molar refractivity (Wildman–Crippen MR) is 93.2 cm³/mol. The minimum absolute atomic E-state index is 0.111. The highest BCUT2D eigenvalue weighted by atomic mass is 32.2. The molecule has 1 amide bonds. The van der Waals surface area contributed by atoms with Crippen molar-refractivity contribution in [3.63, 3.8) is 0 Å². The van der Waals surface area contributed by atoms with E-state index >= 15 is 0 Å². The molecule has 7 heteroatoms. The number of nitrogens with one attached hydrogen (secondary N) is 1. The maximum atomic E-state index is 13.5. The SMILES string of the molecule is Cc1cccc(CC(=O)Nc2cc(F)ccc2N(C)S(C)(=O)=O)c1. The third kappa shape index (κ3) is 4.55. The number of aryl methyl sites for hydroxylation is 1. The Morgan fingerprint density at radius 2 is 1.92 bits per heavy atom. The summed E-state index contributed by atoms with van der Waals surface area (Å²) in [6.45, 7) is 1.92. The zero-order valence-electron chi connectivity index (χ0n) is 13.7. The maximum Gasteiger partial charge on any atom is 0.232 e. The molecule has 2 aromatic rings. The first-order valence-corrected chi connectivity index (χ1v) is 9.10. The molecule has 0 aromatic heterocycles. The number of sulfonamides is 1. The van der Waals surface area contributed by atoms with E-state index in [1.54, 1.807) is 0 Å². The van der Waals surface area contributed by atoms with Gasteiger partial charge in [0.1, 0.15) is 5.82 Å². The van der Waals surface area contributed by atoms with Crippen molar-refractivity contribution < 1.29 is 17.6 Å². The molecule has 0 aliphatic heterocycles. The second kappa shape index (κ2) is 7.00. The van der Waals surface area contributed by atoms with Crippen molar-refractivity contribution in [2.45, 2.75) is 13.3 Å². The van der Waals surface area contributed by atoms with Gasteiger partial charge in [0.05, 0.1) is 24.1 Å². The summed E-state index contributed by atoms with van der Waals surface area (Å²) in [5.41, 5.74) is 2.17. The molecule has 0 bridgehead atoms. The number of nitrogens with zero attached hydrogens (tertiary/aromatic N) is 1. The fourth-order valence-electron chi connectivity index (χ4n) is 2.26. The van der Waals surface area contributed by atoms with E-state index in [1.165, 1.54) is 13.1 Å². The van der Waals surface area contributed by atoms with Crippen LogP contribution in [0, 0.1) is 12.7 Å². The van der Waals surface area contributed by atoms with Crippen molar-refractivity contribution in [2.24, 2.45) is 0 Å². The topological polar surface area (TPSA) is 66.5 Å². The van der Waals surface area contributed by atoms with Gasteiger partial charge in [0.2, 0.25) is 15.9 Å². The van der Waals surface area contributed by atoms with Crippen LogP contribution in [-0.4, -0.2) is 27.6 Å². The molecule has 2 aromatic carbocycles. The van der Waals surface area contributed by atoms with Crippen molar-refractivity contribution >= 4 is 27.3 Å². The summed E-state index contributed by atoms with van der Waals surface area (Å²) in [5.74, 6) is -0.916. The number of carbonyl (C=O) groups is 1. The van der Waals surface area contributed by atoms with Gasteiger partial charge in [-0.25, -0.2) is 12.8 Å². The molecule has 0 heterocycles. The lowest BCUT2D eigenvalue weighted by Gasteiger charge is -2.20. The van der Waals surface area contributed by atoms with Crippen LogP contribution in [0.15, 0.2) is 42.5 Å². The smallest absolute Gasteiger partial charge is 0.232 e. The normalized spacial score (nSPS) is 11.2. The quantitative estimate of drug-likeness (QED) is 0.902. The first-order valence-electron chi connectivity index (χ1n) is 7.25. The summed E-state index contributed by atoms with van der Waals surface area (Å²) < 4.78 is 37.9. The van der Waals surface area contributed by atoms with Crippen LogP contribution in [0.3, 0.4) is 0 Å².